The SMILES string of the molecule is COCCOCC(=O)N1CCN(S(=O)(=O)c2cc(C)c(C)cc2OC)CC1. The normalized spacial score (nSPS) is 15.8. The summed E-state index contributed by atoms with van der Waals surface area (Å²) in [6, 6.07) is 3.38. The third-order valence-corrected chi connectivity index (χ3v) is 6.57. The predicted molar refractivity (Wildman–Crippen MR) is 101 cm³/mol. The van der Waals surface area contributed by atoms with Gasteiger partial charge in [0.15, 0.2) is 0 Å². The molecule has 0 N–H and O–H groups in total. The van der Waals surface area contributed by atoms with Crippen molar-refractivity contribution in [2.75, 3.05) is 60.2 Å². The Balaban J connectivity index is 2.03. The Morgan fingerprint density at radius 3 is 2.26 bits per heavy atom. The molecule has 1 aliphatic rings. The molecule has 1 aliphatic heterocycles. The van der Waals surface area contributed by atoms with Crippen LogP contribution in [0.3, 0.4) is 0 Å². The molecule has 9 heteroatoms. The van der Waals surface area contributed by atoms with Gasteiger partial charge in [-0.3, -0.25) is 4.79 Å². The maximum atomic E-state index is 13.1. The zero-order valence-corrected chi connectivity index (χ0v) is 17.2. The third-order valence-electron chi connectivity index (χ3n) is 4.65. The molecule has 0 aliphatic carbocycles. The van der Waals surface area contributed by atoms with Gasteiger partial charge in [0.1, 0.15) is 17.3 Å². The first-order chi connectivity index (χ1) is 12.8. The van der Waals surface area contributed by atoms with E-state index in [2.05, 4.69) is 0 Å². The number of sulfonamides is 1. The van der Waals surface area contributed by atoms with Crippen LogP contribution in [0, 0.1) is 13.8 Å². The Morgan fingerprint density at radius 1 is 1.04 bits per heavy atom. The van der Waals surface area contributed by atoms with Crippen molar-refractivity contribution in [1.82, 2.24) is 9.21 Å². The van der Waals surface area contributed by atoms with Gasteiger partial charge in [0.25, 0.3) is 0 Å². The van der Waals surface area contributed by atoms with E-state index in [1.807, 2.05) is 13.8 Å². The number of carbonyl (C=O) groups is 1. The van der Waals surface area contributed by atoms with Gasteiger partial charge in [-0.25, -0.2) is 8.42 Å². The average molecular weight is 400 g/mol. The van der Waals surface area contributed by atoms with E-state index >= 15 is 0 Å². The van der Waals surface area contributed by atoms with Crippen LogP contribution in [-0.2, 0) is 24.3 Å². The lowest BCUT2D eigenvalue weighted by molar-refractivity contribution is -0.137. The Bertz CT molecular complexity index is 757. The van der Waals surface area contributed by atoms with Crippen molar-refractivity contribution < 1.29 is 27.4 Å². The maximum absolute atomic E-state index is 13.1. The zero-order chi connectivity index (χ0) is 20.0. The quantitative estimate of drug-likeness (QED) is 0.601. The minimum atomic E-state index is -3.69. The molecule has 1 aromatic carbocycles. The average Bonchev–Trinajstić information content (AvgIpc) is 2.66. The Labute approximate surface area is 161 Å². The molecule has 1 heterocycles. The number of rotatable bonds is 8. The standard InChI is InChI=1S/C18H28N2O6S/c1-14-11-16(25-4)17(12-15(14)2)27(22,23)20-7-5-19(6-8-20)18(21)13-26-10-9-24-3/h11-12H,5-10,13H2,1-4H3. The fourth-order valence-electron chi connectivity index (χ4n) is 2.83. The van der Waals surface area contributed by atoms with E-state index in [-0.39, 0.29) is 30.5 Å². The Hall–Kier alpha value is -1.68. The number of carbonyl (C=O) groups excluding carboxylic acids is 1. The second-order valence-electron chi connectivity index (χ2n) is 6.42. The van der Waals surface area contributed by atoms with E-state index in [0.29, 0.717) is 32.1 Å². The summed E-state index contributed by atoms with van der Waals surface area (Å²) in [5, 5.41) is 0. The number of nitrogens with zero attached hydrogens (tertiary/aromatic N) is 2. The molecule has 152 valence electrons. The molecule has 0 unspecified atom stereocenters. The van der Waals surface area contributed by atoms with Crippen molar-refractivity contribution in [3.63, 3.8) is 0 Å². The maximum Gasteiger partial charge on any atom is 0.248 e. The van der Waals surface area contributed by atoms with E-state index < -0.39 is 10.0 Å². The number of piperazine rings is 1. The van der Waals surface area contributed by atoms with Crippen molar-refractivity contribution in [2.24, 2.45) is 0 Å². The topological polar surface area (TPSA) is 85.4 Å². The molecule has 0 saturated carbocycles. The summed E-state index contributed by atoms with van der Waals surface area (Å²) in [6.45, 7) is 5.67. The Morgan fingerprint density at radius 2 is 1.67 bits per heavy atom. The van der Waals surface area contributed by atoms with Crippen LogP contribution < -0.4 is 4.74 Å². The molecule has 1 amide bonds. The van der Waals surface area contributed by atoms with Crippen LogP contribution in [-0.4, -0.2) is 83.7 Å². The minimum absolute atomic E-state index is 0.0267. The first-order valence-electron chi connectivity index (χ1n) is 8.81. The molecule has 0 aromatic heterocycles. The molecule has 2 rings (SSSR count). The molecule has 1 saturated heterocycles. The molecule has 8 nitrogen and oxygen atoms in total. The second-order valence-corrected chi connectivity index (χ2v) is 8.32. The third kappa shape index (κ3) is 5.19. The number of amides is 1. The highest BCUT2D eigenvalue weighted by molar-refractivity contribution is 7.89. The summed E-state index contributed by atoms with van der Waals surface area (Å²) in [4.78, 5) is 13.9. The van der Waals surface area contributed by atoms with Gasteiger partial charge in [-0.1, -0.05) is 0 Å². The van der Waals surface area contributed by atoms with Gasteiger partial charge in [-0.15, -0.1) is 0 Å². The van der Waals surface area contributed by atoms with Gasteiger partial charge < -0.3 is 19.1 Å². The number of ether oxygens (including phenoxy) is 3. The predicted octanol–water partition coefficient (Wildman–Crippen LogP) is 0.808. The molecule has 0 spiro atoms. The molecule has 0 radical (unpaired) electrons. The van der Waals surface area contributed by atoms with Gasteiger partial charge in [0.05, 0.1) is 20.3 Å². The van der Waals surface area contributed by atoms with E-state index in [9.17, 15) is 13.2 Å². The highest BCUT2D eigenvalue weighted by Gasteiger charge is 2.32. The summed E-state index contributed by atoms with van der Waals surface area (Å²) < 4.78 is 42.9. The molecular weight excluding hydrogens is 372 g/mol. The van der Waals surface area contributed by atoms with Gasteiger partial charge in [0.2, 0.25) is 15.9 Å². The highest BCUT2D eigenvalue weighted by Crippen LogP contribution is 2.30. The van der Waals surface area contributed by atoms with Crippen LogP contribution in [0.4, 0.5) is 0 Å². The summed E-state index contributed by atoms with van der Waals surface area (Å²) in [5.41, 5.74) is 1.85. The number of hydrogen-bond donors (Lipinski definition) is 0. The van der Waals surface area contributed by atoms with Gasteiger partial charge >= 0.3 is 0 Å². The van der Waals surface area contributed by atoms with E-state index in [4.69, 9.17) is 14.2 Å². The van der Waals surface area contributed by atoms with Crippen molar-refractivity contribution >= 4 is 15.9 Å². The van der Waals surface area contributed by atoms with Crippen molar-refractivity contribution in [1.29, 1.82) is 0 Å². The second kappa shape index (κ2) is 9.50. The molecular formula is C18H28N2O6S. The van der Waals surface area contributed by atoms with Crippen molar-refractivity contribution in [3.05, 3.63) is 23.3 Å². The lowest BCUT2D eigenvalue weighted by atomic mass is 10.1. The van der Waals surface area contributed by atoms with Crippen LogP contribution in [0.5, 0.6) is 5.75 Å². The fourth-order valence-corrected chi connectivity index (χ4v) is 4.48. The minimum Gasteiger partial charge on any atom is -0.495 e. The molecule has 27 heavy (non-hydrogen) atoms. The van der Waals surface area contributed by atoms with Crippen LogP contribution in [0.15, 0.2) is 17.0 Å². The van der Waals surface area contributed by atoms with E-state index in [0.717, 1.165) is 11.1 Å². The molecule has 0 atom stereocenters. The molecule has 1 aromatic rings. The number of methoxy groups -OCH3 is 2. The van der Waals surface area contributed by atoms with Crippen LogP contribution in [0.25, 0.3) is 0 Å². The summed E-state index contributed by atoms with van der Waals surface area (Å²) in [6.07, 6.45) is 0. The van der Waals surface area contributed by atoms with E-state index in [1.54, 1.807) is 24.1 Å². The zero-order valence-electron chi connectivity index (χ0n) is 16.4. The summed E-state index contributed by atoms with van der Waals surface area (Å²) in [7, 11) is -0.668. The number of aryl methyl sites for hydroxylation is 2. The fraction of sp³-hybridized carbons (Fsp3) is 0.611. The monoisotopic (exact) mass is 400 g/mol. The first kappa shape index (κ1) is 21.6. The lowest BCUT2D eigenvalue weighted by Gasteiger charge is -2.34. The smallest absolute Gasteiger partial charge is 0.248 e. The highest BCUT2D eigenvalue weighted by atomic mass is 32.2. The molecule has 0 bridgehead atoms. The molecule has 1 fully saturated rings. The van der Waals surface area contributed by atoms with Crippen LogP contribution in [0.2, 0.25) is 0 Å². The van der Waals surface area contributed by atoms with Gasteiger partial charge in [-0.05, 0) is 37.1 Å². The number of benzene rings is 1. The van der Waals surface area contributed by atoms with Crippen molar-refractivity contribution in [3.8, 4) is 5.75 Å². The Kier molecular flexibility index (Phi) is 7.60. The van der Waals surface area contributed by atoms with E-state index in [1.165, 1.54) is 11.4 Å². The summed E-state index contributed by atoms with van der Waals surface area (Å²) >= 11 is 0. The van der Waals surface area contributed by atoms with Gasteiger partial charge in [0, 0.05) is 33.3 Å². The first-order valence-corrected chi connectivity index (χ1v) is 10.2. The summed E-state index contributed by atoms with van der Waals surface area (Å²) in [5.74, 6) is 0.190. The lowest BCUT2D eigenvalue weighted by Crippen LogP contribution is -2.51. The number of hydrogen-bond acceptors (Lipinski definition) is 6. The van der Waals surface area contributed by atoms with Crippen LogP contribution in [0.1, 0.15) is 11.1 Å². The largest absolute Gasteiger partial charge is 0.495 e. The van der Waals surface area contributed by atoms with Crippen LogP contribution >= 0.6 is 0 Å². The van der Waals surface area contributed by atoms with Crippen molar-refractivity contribution in [2.45, 2.75) is 18.7 Å². The van der Waals surface area contributed by atoms with Gasteiger partial charge in [-0.2, -0.15) is 4.31 Å².